The summed E-state index contributed by atoms with van der Waals surface area (Å²) in [6, 6.07) is 58.3. The summed E-state index contributed by atoms with van der Waals surface area (Å²) in [4.78, 5) is 9.53. The van der Waals surface area contributed by atoms with Gasteiger partial charge in [0.2, 0.25) is 0 Å². The van der Waals surface area contributed by atoms with Crippen LogP contribution in [-0.2, 0) is 26.5 Å². The molecule has 1 radical (unpaired) electrons. The Kier molecular flexibility index (Phi) is 11.4. The minimum atomic E-state index is 0. The molecule has 0 N–H and O–H groups in total. The van der Waals surface area contributed by atoms with Crippen molar-refractivity contribution in [3.05, 3.63) is 186 Å². The molecular formula is C50H41IrN3S-2. The Hall–Kier alpha value is -5.45. The fourth-order valence-electron chi connectivity index (χ4n) is 7.10. The van der Waals surface area contributed by atoms with Crippen molar-refractivity contribution < 1.29 is 20.1 Å². The fourth-order valence-corrected chi connectivity index (χ4v) is 7.92. The molecule has 0 aliphatic carbocycles. The minimum Gasteiger partial charge on any atom is -0.332 e. The molecule has 0 aliphatic heterocycles. The third-order valence-electron chi connectivity index (χ3n) is 9.39. The molecule has 273 valence electrons. The number of thiophene rings is 1. The van der Waals surface area contributed by atoms with Crippen molar-refractivity contribution in [2.75, 3.05) is 0 Å². The van der Waals surface area contributed by atoms with E-state index >= 15 is 0 Å². The molecule has 9 aromatic rings. The van der Waals surface area contributed by atoms with Crippen LogP contribution in [0.4, 0.5) is 0 Å². The van der Waals surface area contributed by atoms with Crippen LogP contribution in [0.15, 0.2) is 164 Å². The summed E-state index contributed by atoms with van der Waals surface area (Å²) < 4.78 is 3.62. The van der Waals surface area contributed by atoms with E-state index in [1.807, 2.05) is 42.5 Å². The van der Waals surface area contributed by atoms with Crippen LogP contribution in [0.1, 0.15) is 31.9 Å². The van der Waals surface area contributed by atoms with E-state index in [4.69, 9.17) is 4.98 Å². The van der Waals surface area contributed by atoms with Crippen molar-refractivity contribution in [2.45, 2.75) is 34.1 Å². The minimum absolute atomic E-state index is 0. The Morgan fingerprint density at radius 1 is 0.691 bits per heavy atom. The van der Waals surface area contributed by atoms with Gasteiger partial charge in [-0.1, -0.05) is 139 Å². The van der Waals surface area contributed by atoms with Gasteiger partial charge in [0.1, 0.15) is 0 Å². The summed E-state index contributed by atoms with van der Waals surface area (Å²) in [5, 5.41) is 4.90. The molecule has 0 unspecified atom stereocenters. The molecule has 0 amide bonds. The molecule has 3 nitrogen and oxygen atoms in total. The zero-order valence-electron chi connectivity index (χ0n) is 31.4. The maximum absolute atomic E-state index is 5.32. The van der Waals surface area contributed by atoms with Gasteiger partial charge in [0.15, 0.2) is 0 Å². The van der Waals surface area contributed by atoms with Gasteiger partial charge in [0, 0.05) is 37.4 Å². The largest absolute Gasteiger partial charge is 0.332 e. The molecule has 0 atom stereocenters. The second-order valence-corrected chi connectivity index (χ2v) is 15.7. The summed E-state index contributed by atoms with van der Waals surface area (Å²) >= 11 is 1.67. The number of pyridine rings is 1. The number of benzene rings is 6. The van der Waals surface area contributed by atoms with E-state index in [1.165, 1.54) is 43.5 Å². The van der Waals surface area contributed by atoms with E-state index in [9.17, 15) is 0 Å². The van der Waals surface area contributed by atoms with Crippen LogP contribution >= 0.6 is 11.3 Å². The van der Waals surface area contributed by atoms with Crippen molar-refractivity contribution in [3.8, 4) is 50.6 Å². The fraction of sp³-hybridized carbons (Fsp3) is 0.120. The summed E-state index contributed by atoms with van der Waals surface area (Å²) in [5.74, 6) is 0.925. The van der Waals surface area contributed by atoms with E-state index in [0.29, 0.717) is 0 Å². The molecule has 0 bridgehead atoms. The molecule has 0 aliphatic rings. The predicted octanol–water partition coefficient (Wildman–Crippen LogP) is 13.5. The molecule has 3 aromatic heterocycles. The van der Waals surface area contributed by atoms with Crippen molar-refractivity contribution in [1.29, 1.82) is 0 Å². The zero-order chi connectivity index (χ0) is 37.1. The molecule has 9 rings (SSSR count). The monoisotopic (exact) mass is 908 g/mol. The van der Waals surface area contributed by atoms with Crippen LogP contribution in [0.25, 0.3) is 71.7 Å². The standard InChI is InChI=1S/C39H33N2S.C11H8N.Ir/c1-26-21-30(28-13-7-5-8-14-28)37(31(22-26)29-15-9-6-10-16-29)41-35-18-12-11-17-34(35)40-38(41)33-25-42-36-20-19-27(23-32(33)36)24-39(2,3)4;1-2-6-10(7-3-1)11-8-4-5-9-12-11;/h5-23H,24H2,1-4H3;1-6,8-9H;/q2*-1;. The van der Waals surface area contributed by atoms with Crippen LogP contribution in [-0.4, -0.2) is 14.5 Å². The normalized spacial score (nSPS) is 11.2. The molecule has 6 aromatic carbocycles. The first kappa shape index (κ1) is 37.8. The first-order valence-electron chi connectivity index (χ1n) is 18.4. The molecule has 0 fully saturated rings. The van der Waals surface area contributed by atoms with Crippen LogP contribution in [0.2, 0.25) is 0 Å². The van der Waals surface area contributed by atoms with Gasteiger partial charge in [-0.2, -0.15) is 0 Å². The van der Waals surface area contributed by atoms with Gasteiger partial charge in [-0.05, 0) is 71.5 Å². The van der Waals surface area contributed by atoms with E-state index in [1.54, 1.807) is 17.5 Å². The molecule has 0 saturated carbocycles. The smallest absolute Gasteiger partial charge is 0.0774 e. The van der Waals surface area contributed by atoms with Gasteiger partial charge in [-0.25, -0.2) is 0 Å². The van der Waals surface area contributed by atoms with E-state index in [2.05, 4.69) is 164 Å². The third kappa shape index (κ3) is 8.30. The van der Waals surface area contributed by atoms with Gasteiger partial charge in [-0.15, -0.1) is 47.3 Å². The van der Waals surface area contributed by atoms with Crippen molar-refractivity contribution in [1.82, 2.24) is 14.5 Å². The second-order valence-electron chi connectivity index (χ2n) is 14.8. The van der Waals surface area contributed by atoms with E-state index in [0.717, 1.165) is 45.8 Å². The van der Waals surface area contributed by atoms with Crippen LogP contribution in [0.5, 0.6) is 0 Å². The number of hydrogen-bond acceptors (Lipinski definition) is 3. The Balaban J connectivity index is 0.000000305. The Morgan fingerprint density at radius 3 is 1.98 bits per heavy atom. The van der Waals surface area contributed by atoms with Crippen LogP contribution < -0.4 is 0 Å². The Labute approximate surface area is 341 Å². The number of para-hydroxylation sites is 2. The van der Waals surface area contributed by atoms with Crippen molar-refractivity contribution in [3.63, 3.8) is 0 Å². The average Bonchev–Trinajstić information content (AvgIpc) is 3.80. The number of rotatable bonds is 6. The molecule has 5 heteroatoms. The van der Waals surface area contributed by atoms with Crippen LogP contribution in [0, 0.1) is 23.8 Å². The topological polar surface area (TPSA) is 30.7 Å². The Bertz CT molecular complexity index is 2560. The maximum Gasteiger partial charge on any atom is 0.0774 e. The van der Waals surface area contributed by atoms with E-state index in [-0.39, 0.29) is 25.5 Å². The summed E-state index contributed by atoms with van der Waals surface area (Å²) in [7, 11) is 0. The number of fused-ring (bicyclic) bond motifs is 2. The van der Waals surface area contributed by atoms with Gasteiger partial charge in [0.05, 0.1) is 22.5 Å². The second kappa shape index (κ2) is 16.5. The summed E-state index contributed by atoms with van der Waals surface area (Å²) in [6.45, 7) is 9.08. The third-order valence-corrected chi connectivity index (χ3v) is 10.3. The van der Waals surface area contributed by atoms with E-state index < -0.39 is 0 Å². The first-order chi connectivity index (χ1) is 26.3. The average molecular weight is 908 g/mol. The van der Waals surface area contributed by atoms with Gasteiger partial charge < -0.3 is 9.55 Å². The van der Waals surface area contributed by atoms with Crippen molar-refractivity contribution in [2.24, 2.45) is 5.41 Å². The molecule has 3 heterocycles. The molecule has 0 saturated heterocycles. The summed E-state index contributed by atoms with van der Waals surface area (Å²) in [5.41, 5.74) is 13.8. The Morgan fingerprint density at radius 2 is 1.35 bits per heavy atom. The maximum atomic E-state index is 5.32. The number of hydrogen-bond donors (Lipinski definition) is 0. The number of aryl methyl sites for hydroxylation is 1. The number of aromatic nitrogens is 3. The van der Waals surface area contributed by atoms with Crippen molar-refractivity contribution >= 4 is 32.5 Å². The molecular weight excluding hydrogens is 867 g/mol. The molecule has 55 heavy (non-hydrogen) atoms. The number of imidazole rings is 1. The van der Waals surface area contributed by atoms with Gasteiger partial charge in [-0.3, -0.25) is 16.3 Å². The zero-order valence-corrected chi connectivity index (χ0v) is 34.6. The van der Waals surface area contributed by atoms with Crippen LogP contribution in [0.3, 0.4) is 0 Å². The number of nitrogens with zero attached hydrogens (tertiary/aromatic N) is 3. The SMILES string of the molecule is Cc1cc(-c2ccccc2)c(-n2c(-c3[c-]sc4ccc(CC(C)(C)C)cc34)nc3ccccc32)c(-c2ccccc2)c1.[Ir].[c-]1ccccc1-c1ccccn1. The molecule has 0 spiro atoms. The predicted molar refractivity (Wildman–Crippen MR) is 228 cm³/mol. The van der Waals surface area contributed by atoms with Gasteiger partial charge in [0.25, 0.3) is 0 Å². The quantitative estimate of drug-likeness (QED) is 0.156. The summed E-state index contributed by atoms with van der Waals surface area (Å²) in [6.07, 6.45) is 2.80. The van der Waals surface area contributed by atoms with Gasteiger partial charge >= 0.3 is 0 Å². The first-order valence-corrected chi connectivity index (χ1v) is 19.2.